The Hall–Kier alpha value is -1.38. The Morgan fingerprint density at radius 2 is 1.32 bits per heavy atom. The Labute approximate surface area is 187 Å². The molecule has 3 saturated carbocycles. The third-order valence-electron chi connectivity index (χ3n) is 8.67. The molecule has 0 bridgehead atoms. The summed E-state index contributed by atoms with van der Waals surface area (Å²) in [6, 6.07) is 3.34. The van der Waals surface area contributed by atoms with Gasteiger partial charge in [0.1, 0.15) is 0 Å². The van der Waals surface area contributed by atoms with Gasteiger partial charge in [0.2, 0.25) is 5.82 Å². The molecule has 3 aliphatic carbocycles. The van der Waals surface area contributed by atoms with Crippen molar-refractivity contribution in [2.45, 2.75) is 103 Å². The lowest BCUT2D eigenvalue weighted by atomic mass is 9.68. The maximum Gasteiger partial charge on any atom is 0.200 e. The van der Waals surface area contributed by atoms with Crippen molar-refractivity contribution in [3.63, 3.8) is 0 Å². The molecule has 0 aliphatic heterocycles. The average molecular weight is 431 g/mol. The van der Waals surface area contributed by atoms with Crippen LogP contribution >= 0.6 is 0 Å². The predicted molar refractivity (Wildman–Crippen MR) is 123 cm³/mol. The third-order valence-corrected chi connectivity index (χ3v) is 8.67. The zero-order valence-corrected chi connectivity index (χ0v) is 19.5. The smallest absolute Gasteiger partial charge is 0.200 e. The van der Waals surface area contributed by atoms with Crippen molar-refractivity contribution in [3.05, 3.63) is 40.5 Å². The van der Waals surface area contributed by atoms with Crippen LogP contribution in [0.2, 0.25) is 0 Å². The van der Waals surface area contributed by atoms with E-state index in [-0.39, 0.29) is 11.7 Å². The van der Waals surface area contributed by atoms with Crippen molar-refractivity contribution >= 4 is 0 Å². The van der Waals surface area contributed by atoms with Gasteiger partial charge in [0.15, 0.2) is 11.6 Å². The monoisotopic (exact) mass is 430 g/mol. The van der Waals surface area contributed by atoms with Gasteiger partial charge < -0.3 is 4.74 Å². The largest absolute Gasteiger partial charge is 0.491 e. The van der Waals surface area contributed by atoms with Crippen molar-refractivity contribution in [1.82, 2.24) is 0 Å². The zero-order valence-electron chi connectivity index (χ0n) is 19.5. The number of hydrogen-bond donors (Lipinski definition) is 0. The van der Waals surface area contributed by atoms with Gasteiger partial charge in [0, 0.05) is 0 Å². The molecule has 0 saturated heterocycles. The molecule has 3 aliphatic rings. The molecule has 0 N–H and O–H groups in total. The van der Waals surface area contributed by atoms with E-state index in [0.717, 1.165) is 43.4 Å². The van der Waals surface area contributed by atoms with Gasteiger partial charge in [-0.1, -0.05) is 43.4 Å². The summed E-state index contributed by atoms with van der Waals surface area (Å²) >= 11 is 0. The highest BCUT2D eigenvalue weighted by molar-refractivity contribution is 5.34. The van der Waals surface area contributed by atoms with Crippen molar-refractivity contribution in [2.75, 3.05) is 6.61 Å². The van der Waals surface area contributed by atoms with Crippen LogP contribution in [-0.2, 0) is 0 Å². The number of allylic oxidation sites excluding steroid dienone is 2. The summed E-state index contributed by atoms with van der Waals surface area (Å²) in [6.07, 6.45) is 16.5. The molecule has 0 radical (unpaired) electrons. The molecule has 0 heterocycles. The molecular weight excluding hydrogens is 390 g/mol. The summed E-state index contributed by atoms with van der Waals surface area (Å²) in [5.41, 5.74) is 3.88. The second kappa shape index (κ2) is 10.5. The van der Waals surface area contributed by atoms with Gasteiger partial charge in [0.25, 0.3) is 0 Å². The third kappa shape index (κ3) is 5.17. The van der Waals surface area contributed by atoms with E-state index < -0.39 is 11.6 Å². The molecule has 0 aromatic heterocycles. The topological polar surface area (TPSA) is 9.23 Å². The maximum atomic E-state index is 14.6. The summed E-state index contributed by atoms with van der Waals surface area (Å²) in [4.78, 5) is 0. The first-order valence-corrected chi connectivity index (χ1v) is 12.9. The standard InChI is InChI=1S/C28H40F2O/c1-3-19-5-7-20(8-6-19)21-9-11-22(12-10-21)23-13-15-24(16-14-23)25-17-18-26(31-4-2)28(30)27(25)29/h17-21,24H,3-16H2,1-2H3. The normalized spacial score (nSPS) is 29.8. The molecule has 4 rings (SSSR count). The van der Waals surface area contributed by atoms with Gasteiger partial charge in [-0.2, -0.15) is 4.39 Å². The van der Waals surface area contributed by atoms with Crippen LogP contribution in [0.5, 0.6) is 5.75 Å². The molecule has 1 aromatic carbocycles. The Balaban J connectivity index is 1.31. The molecule has 0 spiro atoms. The first-order chi connectivity index (χ1) is 15.1. The second-order valence-electron chi connectivity index (χ2n) is 10.2. The van der Waals surface area contributed by atoms with Crippen molar-refractivity contribution < 1.29 is 13.5 Å². The molecule has 3 fully saturated rings. The lowest BCUT2D eigenvalue weighted by molar-refractivity contribution is 0.176. The zero-order chi connectivity index (χ0) is 21.8. The average Bonchev–Trinajstić information content (AvgIpc) is 2.83. The molecule has 0 unspecified atom stereocenters. The van der Waals surface area contributed by atoms with Crippen LogP contribution in [0.25, 0.3) is 0 Å². The van der Waals surface area contributed by atoms with Crippen LogP contribution in [0.1, 0.15) is 109 Å². The van der Waals surface area contributed by atoms with E-state index in [1.165, 1.54) is 57.8 Å². The Morgan fingerprint density at radius 1 is 0.742 bits per heavy atom. The van der Waals surface area contributed by atoms with E-state index in [0.29, 0.717) is 12.2 Å². The first-order valence-electron chi connectivity index (χ1n) is 12.9. The highest BCUT2D eigenvalue weighted by atomic mass is 19.2. The second-order valence-corrected chi connectivity index (χ2v) is 10.2. The van der Waals surface area contributed by atoms with Gasteiger partial charge in [-0.3, -0.25) is 0 Å². The number of halogens is 2. The summed E-state index contributed by atoms with van der Waals surface area (Å²) in [5, 5.41) is 0. The molecule has 172 valence electrons. The molecular formula is C28H40F2O. The SMILES string of the molecule is CCOc1ccc(C2CCC(=C3CCC(C4CCC(CC)CC4)CC3)CC2)c(F)c1F. The highest BCUT2D eigenvalue weighted by Crippen LogP contribution is 2.45. The quantitative estimate of drug-likeness (QED) is 0.424. The van der Waals surface area contributed by atoms with E-state index in [1.54, 1.807) is 30.2 Å². The lowest BCUT2D eigenvalue weighted by Crippen LogP contribution is -2.24. The van der Waals surface area contributed by atoms with Crippen LogP contribution in [0.15, 0.2) is 23.3 Å². The number of hydrogen-bond acceptors (Lipinski definition) is 1. The molecule has 0 atom stereocenters. The van der Waals surface area contributed by atoms with Gasteiger partial charge in [-0.25, -0.2) is 4.39 Å². The van der Waals surface area contributed by atoms with Gasteiger partial charge in [-0.15, -0.1) is 0 Å². The van der Waals surface area contributed by atoms with Crippen LogP contribution in [0.3, 0.4) is 0 Å². The van der Waals surface area contributed by atoms with E-state index in [9.17, 15) is 8.78 Å². The van der Waals surface area contributed by atoms with E-state index in [4.69, 9.17) is 4.74 Å². The van der Waals surface area contributed by atoms with Gasteiger partial charge >= 0.3 is 0 Å². The Kier molecular flexibility index (Phi) is 7.72. The van der Waals surface area contributed by atoms with Crippen molar-refractivity contribution in [3.8, 4) is 5.75 Å². The van der Waals surface area contributed by atoms with Crippen LogP contribution < -0.4 is 4.74 Å². The summed E-state index contributed by atoms with van der Waals surface area (Å²) in [6.45, 7) is 4.47. The highest BCUT2D eigenvalue weighted by Gasteiger charge is 2.31. The molecule has 1 aromatic rings. The minimum atomic E-state index is -0.824. The Bertz CT molecular complexity index is 755. The van der Waals surface area contributed by atoms with Crippen LogP contribution in [-0.4, -0.2) is 6.61 Å². The summed E-state index contributed by atoms with van der Waals surface area (Å²) in [5.74, 6) is 1.53. The van der Waals surface area contributed by atoms with Crippen LogP contribution in [0.4, 0.5) is 8.78 Å². The molecule has 3 heteroatoms. The predicted octanol–water partition coefficient (Wildman–Crippen LogP) is 8.72. The number of benzene rings is 1. The minimum absolute atomic E-state index is 0.0299. The first kappa shape index (κ1) is 22.8. The molecule has 1 nitrogen and oxygen atoms in total. The fourth-order valence-corrected chi connectivity index (χ4v) is 6.64. The van der Waals surface area contributed by atoms with E-state index in [1.807, 2.05) is 0 Å². The summed E-state index contributed by atoms with van der Waals surface area (Å²) < 4.78 is 34.1. The van der Waals surface area contributed by atoms with Gasteiger partial charge in [-0.05, 0) is 106 Å². The van der Waals surface area contributed by atoms with Crippen molar-refractivity contribution in [1.29, 1.82) is 0 Å². The van der Waals surface area contributed by atoms with Crippen LogP contribution in [0, 0.1) is 29.4 Å². The number of rotatable bonds is 5. The Morgan fingerprint density at radius 3 is 1.90 bits per heavy atom. The van der Waals surface area contributed by atoms with E-state index >= 15 is 0 Å². The molecule has 31 heavy (non-hydrogen) atoms. The van der Waals surface area contributed by atoms with Gasteiger partial charge in [0.05, 0.1) is 6.61 Å². The van der Waals surface area contributed by atoms with Crippen molar-refractivity contribution in [2.24, 2.45) is 17.8 Å². The lowest BCUT2D eigenvalue weighted by Gasteiger charge is -2.37. The fourth-order valence-electron chi connectivity index (χ4n) is 6.64. The molecule has 0 amide bonds. The van der Waals surface area contributed by atoms with E-state index in [2.05, 4.69) is 6.92 Å². The summed E-state index contributed by atoms with van der Waals surface area (Å²) in [7, 11) is 0. The maximum absolute atomic E-state index is 14.6. The number of ether oxygens (including phenoxy) is 1. The minimum Gasteiger partial charge on any atom is -0.491 e. The fraction of sp³-hybridized carbons (Fsp3) is 0.714.